The topological polar surface area (TPSA) is 91.3 Å². The number of carbonyl (C=O) groups is 3. The van der Waals surface area contributed by atoms with Gasteiger partial charge >= 0.3 is 5.97 Å². The molecule has 0 spiro atoms. The van der Waals surface area contributed by atoms with Gasteiger partial charge in [-0.15, -0.1) is 0 Å². The van der Waals surface area contributed by atoms with Crippen LogP contribution in [0.1, 0.15) is 18.5 Å². The summed E-state index contributed by atoms with van der Waals surface area (Å²) < 4.78 is 5.08. The molecule has 27 heavy (non-hydrogen) atoms. The molecular formula is C18H21ClN4O4. The minimum Gasteiger partial charge on any atom is -0.465 e. The zero-order valence-electron chi connectivity index (χ0n) is 14.9. The first-order valence-corrected chi connectivity index (χ1v) is 9.16. The molecule has 2 aliphatic heterocycles. The van der Waals surface area contributed by atoms with Crippen molar-refractivity contribution in [3.8, 4) is 0 Å². The van der Waals surface area contributed by atoms with E-state index < -0.39 is 23.8 Å². The molecule has 2 aliphatic rings. The monoisotopic (exact) mass is 392 g/mol. The fourth-order valence-electron chi connectivity index (χ4n) is 3.20. The Kier molecular flexibility index (Phi) is 5.95. The molecule has 0 aliphatic carbocycles. The van der Waals surface area contributed by atoms with E-state index in [9.17, 15) is 14.4 Å². The van der Waals surface area contributed by atoms with Crippen LogP contribution in [0.2, 0.25) is 5.02 Å². The van der Waals surface area contributed by atoms with E-state index in [2.05, 4.69) is 10.3 Å². The van der Waals surface area contributed by atoms with Crippen molar-refractivity contribution in [1.82, 2.24) is 15.1 Å². The molecule has 144 valence electrons. The molecule has 8 nitrogen and oxygen atoms in total. The number of guanidine groups is 1. The van der Waals surface area contributed by atoms with Crippen molar-refractivity contribution < 1.29 is 19.1 Å². The number of amides is 2. The average molecular weight is 393 g/mol. The Morgan fingerprint density at radius 1 is 1.37 bits per heavy atom. The summed E-state index contributed by atoms with van der Waals surface area (Å²) >= 11 is 6.09. The first-order chi connectivity index (χ1) is 13.0. The third-order valence-electron chi connectivity index (χ3n) is 4.59. The molecule has 1 fully saturated rings. The molecule has 2 amide bonds. The summed E-state index contributed by atoms with van der Waals surface area (Å²) in [5.74, 6) is -1.76. The molecule has 0 saturated carbocycles. The van der Waals surface area contributed by atoms with Crippen LogP contribution in [0, 0.1) is 5.92 Å². The Bertz CT molecular complexity index is 761. The van der Waals surface area contributed by atoms with Gasteiger partial charge < -0.3 is 14.5 Å². The summed E-state index contributed by atoms with van der Waals surface area (Å²) in [4.78, 5) is 44.2. The highest BCUT2D eigenvalue weighted by atomic mass is 35.5. The molecular weight excluding hydrogens is 372 g/mol. The second-order valence-corrected chi connectivity index (χ2v) is 6.74. The lowest BCUT2D eigenvalue weighted by Crippen LogP contribution is -2.57. The number of esters is 1. The maximum Gasteiger partial charge on any atom is 0.321 e. The molecule has 0 aromatic heterocycles. The summed E-state index contributed by atoms with van der Waals surface area (Å²) in [6, 6.07) is 6.23. The first-order valence-electron chi connectivity index (χ1n) is 8.78. The van der Waals surface area contributed by atoms with E-state index in [0.29, 0.717) is 42.7 Å². The number of halogens is 1. The van der Waals surface area contributed by atoms with Gasteiger partial charge in [0.05, 0.1) is 6.61 Å². The van der Waals surface area contributed by atoms with Crippen LogP contribution in [0.15, 0.2) is 29.3 Å². The van der Waals surface area contributed by atoms with Gasteiger partial charge in [-0.25, -0.2) is 4.99 Å². The number of carbonyl (C=O) groups excluding carboxylic acids is 3. The van der Waals surface area contributed by atoms with Crippen LogP contribution in [0.5, 0.6) is 0 Å². The van der Waals surface area contributed by atoms with Crippen molar-refractivity contribution in [2.75, 3.05) is 32.8 Å². The van der Waals surface area contributed by atoms with Crippen LogP contribution in [0.4, 0.5) is 0 Å². The van der Waals surface area contributed by atoms with E-state index in [4.69, 9.17) is 16.3 Å². The lowest BCUT2D eigenvalue weighted by Gasteiger charge is -2.37. The van der Waals surface area contributed by atoms with E-state index in [0.717, 1.165) is 6.41 Å². The smallest absolute Gasteiger partial charge is 0.321 e. The normalized spacial score (nSPS) is 22.7. The van der Waals surface area contributed by atoms with Crippen molar-refractivity contribution in [2.24, 2.45) is 10.9 Å². The van der Waals surface area contributed by atoms with E-state index in [1.807, 2.05) is 4.90 Å². The Hall–Kier alpha value is -2.61. The number of nitrogens with one attached hydrogen (secondary N) is 1. The number of benzene rings is 1. The molecule has 2 atom stereocenters. The fourth-order valence-corrected chi connectivity index (χ4v) is 3.39. The lowest BCUT2D eigenvalue weighted by atomic mass is 9.91. The highest BCUT2D eigenvalue weighted by Crippen LogP contribution is 2.32. The van der Waals surface area contributed by atoms with Gasteiger partial charge in [0.25, 0.3) is 0 Å². The van der Waals surface area contributed by atoms with Gasteiger partial charge in [0.1, 0.15) is 6.04 Å². The van der Waals surface area contributed by atoms with Gasteiger partial charge in [-0.2, -0.15) is 0 Å². The van der Waals surface area contributed by atoms with Crippen molar-refractivity contribution in [3.05, 3.63) is 34.9 Å². The van der Waals surface area contributed by atoms with Gasteiger partial charge in [-0.3, -0.25) is 19.7 Å². The Morgan fingerprint density at radius 2 is 2.11 bits per heavy atom. The third-order valence-corrected chi connectivity index (χ3v) is 4.82. The predicted octanol–water partition coefficient (Wildman–Crippen LogP) is 0.820. The Morgan fingerprint density at radius 3 is 2.74 bits per heavy atom. The Balaban J connectivity index is 1.92. The van der Waals surface area contributed by atoms with Gasteiger partial charge in [-0.05, 0) is 24.6 Å². The number of hydrogen-bond donors (Lipinski definition) is 1. The van der Waals surface area contributed by atoms with Crippen LogP contribution in [0.3, 0.4) is 0 Å². The van der Waals surface area contributed by atoms with E-state index in [-0.39, 0.29) is 6.61 Å². The van der Waals surface area contributed by atoms with Crippen molar-refractivity contribution in [3.63, 3.8) is 0 Å². The van der Waals surface area contributed by atoms with Crippen LogP contribution >= 0.6 is 11.6 Å². The summed E-state index contributed by atoms with van der Waals surface area (Å²) in [6.45, 7) is 4.04. The summed E-state index contributed by atoms with van der Waals surface area (Å²) in [5.41, 5.74) is 0.666. The maximum atomic E-state index is 12.7. The summed E-state index contributed by atoms with van der Waals surface area (Å²) in [7, 11) is 0. The highest BCUT2D eigenvalue weighted by Gasteiger charge is 2.42. The zero-order chi connectivity index (χ0) is 19.4. The van der Waals surface area contributed by atoms with Crippen molar-refractivity contribution >= 4 is 35.8 Å². The third kappa shape index (κ3) is 4.21. The largest absolute Gasteiger partial charge is 0.465 e. The molecule has 0 radical (unpaired) electrons. The van der Waals surface area contributed by atoms with E-state index in [1.165, 1.54) is 0 Å². The molecule has 1 saturated heterocycles. The molecule has 2 heterocycles. The maximum absolute atomic E-state index is 12.7. The van der Waals surface area contributed by atoms with E-state index >= 15 is 0 Å². The SMILES string of the molecule is CCOC(=O)C1C(=O)NC(N2CCN(C=O)CC2)=NC1c1cccc(Cl)c1. The molecule has 3 rings (SSSR count). The molecule has 9 heteroatoms. The van der Waals surface area contributed by atoms with Crippen LogP contribution in [0.25, 0.3) is 0 Å². The van der Waals surface area contributed by atoms with Crippen LogP contribution in [-0.4, -0.2) is 66.8 Å². The number of nitrogens with zero attached hydrogens (tertiary/aromatic N) is 3. The molecule has 1 aromatic carbocycles. The van der Waals surface area contributed by atoms with Crippen molar-refractivity contribution in [2.45, 2.75) is 13.0 Å². The number of ether oxygens (including phenoxy) is 1. The zero-order valence-corrected chi connectivity index (χ0v) is 15.7. The van der Waals surface area contributed by atoms with Crippen molar-refractivity contribution in [1.29, 1.82) is 0 Å². The summed E-state index contributed by atoms with van der Waals surface area (Å²) in [6.07, 6.45) is 0.810. The number of aliphatic imine (C=N–C) groups is 1. The minimum atomic E-state index is -1.08. The number of hydrogen-bond acceptors (Lipinski definition) is 6. The van der Waals surface area contributed by atoms with Gasteiger partial charge in [0, 0.05) is 31.2 Å². The second-order valence-electron chi connectivity index (χ2n) is 6.30. The Labute approximate surface area is 162 Å². The number of piperazine rings is 1. The lowest BCUT2D eigenvalue weighted by molar-refractivity contribution is -0.153. The van der Waals surface area contributed by atoms with E-state index in [1.54, 1.807) is 36.1 Å². The second kappa shape index (κ2) is 8.39. The summed E-state index contributed by atoms with van der Waals surface area (Å²) in [5, 5.41) is 3.22. The first kappa shape index (κ1) is 19.2. The fraction of sp³-hybridized carbons (Fsp3) is 0.444. The van der Waals surface area contributed by atoms with Gasteiger partial charge in [-0.1, -0.05) is 23.7 Å². The van der Waals surface area contributed by atoms with Crippen LogP contribution in [-0.2, 0) is 19.1 Å². The molecule has 1 aromatic rings. The quantitative estimate of drug-likeness (QED) is 0.465. The standard InChI is InChI=1S/C18H21ClN4O4/c1-2-27-17(26)14-15(12-4-3-5-13(19)10-12)20-18(21-16(14)25)23-8-6-22(11-24)7-9-23/h3-5,10-11,14-15H,2,6-9H2,1H3,(H,20,21,25). The van der Waals surface area contributed by atoms with Gasteiger partial charge in [0.15, 0.2) is 5.92 Å². The number of rotatable bonds is 4. The average Bonchev–Trinajstić information content (AvgIpc) is 2.67. The minimum absolute atomic E-state index is 0.176. The van der Waals surface area contributed by atoms with Crippen LogP contribution < -0.4 is 5.32 Å². The predicted molar refractivity (Wildman–Crippen MR) is 99.1 cm³/mol. The highest BCUT2D eigenvalue weighted by molar-refractivity contribution is 6.30. The molecule has 2 unspecified atom stereocenters. The molecule has 1 N–H and O–H groups in total. The molecule has 0 bridgehead atoms. The van der Waals surface area contributed by atoms with Gasteiger partial charge in [0.2, 0.25) is 18.3 Å².